The van der Waals surface area contributed by atoms with Crippen LogP contribution in [-0.4, -0.2) is 48.1 Å². The fourth-order valence-electron chi connectivity index (χ4n) is 2.72. The van der Waals surface area contributed by atoms with Crippen molar-refractivity contribution >= 4 is 6.03 Å². The van der Waals surface area contributed by atoms with E-state index >= 15 is 0 Å². The molecule has 1 aromatic heterocycles. The van der Waals surface area contributed by atoms with Crippen LogP contribution in [0.3, 0.4) is 0 Å². The summed E-state index contributed by atoms with van der Waals surface area (Å²) < 4.78 is 31.7. The monoisotopic (exact) mass is 297 g/mol. The van der Waals surface area contributed by atoms with Crippen LogP contribution in [0.1, 0.15) is 18.4 Å². The van der Waals surface area contributed by atoms with Crippen LogP contribution < -0.4 is 5.32 Å². The number of urea groups is 1. The SMILES string of the molecule is CN(C(=O)N[C@H]1COCC1(F)F)C1(c2ccncc2)CC1. The van der Waals surface area contributed by atoms with Gasteiger partial charge in [0.25, 0.3) is 5.92 Å². The van der Waals surface area contributed by atoms with Gasteiger partial charge in [0.2, 0.25) is 0 Å². The van der Waals surface area contributed by atoms with Crippen LogP contribution in [0.2, 0.25) is 0 Å². The van der Waals surface area contributed by atoms with Crippen LogP contribution in [0.4, 0.5) is 13.6 Å². The second-order valence-corrected chi connectivity index (χ2v) is 5.60. The lowest BCUT2D eigenvalue weighted by Crippen LogP contribution is -2.52. The Balaban J connectivity index is 1.71. The molecule has 0 aromatic carbocycles. The minimum Gasteiger partial charge on any atom is -0.373 e. The average Bonchev–Trinajstić information content (AvgIpc) is 3.21. The molecule has 1 atom stereocenters. The van der Waals surface area contributed by atoms with Crippen LogP contribution in [0.15, 0.2) is 24.5 Å². The molecule has 7 heteroatoms. The Hall–Kier alpha value is -1.76. The van der Waals surface area contributed by atoms with Crippen LogP contribution in [0.5, 0.6) is 0 Å². The van der Waals surface area contributed by atoms with E-state index < -0.39 is 30.1 Å². The first-order chi connectivity index (χ1) is 9.96. The summed E-state index contributed by atoms with van der Waals surface area (Å²) in [5.74, 6) is -3.01. The van der Waals surface area contributed by atoms with Crippen molar-refractivity contribution in [3.8, 4) is 0 Å². The summed E-state index contributed by atoms with van der Waals surface area (Å²) in [6.07, 6.45) is 4.97. The standard InChI is InChI=1S/C14H17F2N3O2/c1-19(12(20)18-11-8-21-9-14(11,15)16)13(4-5-13)10-2-6-17-7-3-10/h2-3,6-7,11H,4-5,8-9H2,1H3,(H,18,20)/t11-/m0/s1. The molecule has 1 aromatic rings. The van der Waals surface area contributed by atoms with Gasteiger partial charge in [0.15, 0.2) is 0 Å². The number of hydrogen-bond donors (Lipinski definition) is 1. The van der Waals surface area contributed by atoms with Crippen molar-refractivity contribution in [1.82, 2.24) is 15.2 Å². The van der Waals surface area contributed by atoms with Gasteiger partial charge >= 0.3 is 6.03 Å². The number of halogens is 2. The number of nitrogens with zero attached hydrogens (tertiary/aromatic N) is 2. The van der Waals surface area contributed by atoms with Gasteiger partial charge in [0.05, 0.1) is 12.1 Å². The molecule has 0 bridgehead atoms. The van der Waals surface area contributed by atoms with Gasteiger partial charge in [0.1, 0.15) is 12.6 Å². The lowest BCUT2D eigenvalue weighted by Gasteiger charge is -2.30. The van der Waals surface area contributed by atoms with Crippen molar-refractivity contribution in [1.29, 1.82) is 0 Å². The molecule has 0 unspecified atom stereocenters. The quantitative estimate of drug-likeness (QED) is 0.924. The summed E-state index contributed by atoms with van der Waals surface area (Å²) >= 11 is 0. The highest BCUT2D eigenvalue weighted by atomic mass is 19.3. The Labute approximate surface area is 121 Å². The lowest BCUT2D eigenvalue weighted by molar-refractivity contribution is -0.0225. The van der Waals surface area contributed by atoms with E-state index in [1.807, 2.05) is 12.1 Å². The van der Waals surface area contributed by atoms with Crippen molar-refractivity contribution in [3.63, 3.8) is 0 Å². The Kier molecular flexibility index (Phi) is 3.32. The molecule has 2 heterocycles. The normalized spacial score (nSPS) is 25.4. The average molecular weight is 297 g/mol. The van der Waals surface area contributed by atoms with E-state index in [1.165, 1.54) is 4.90 Å². The molecule has 1 saturated carbocycles. The summed E-state index contributed by atoms with van der Waals surface area (Å²) in [7, 11) is 1.64. The Morgan fingerprint density at radius 3 is 2.62 bits per heavy atom. The molecule has 1 N–H and O–H groups in total. The fraction of sp³-hybridized carbons (Fsp3) is 0.571. The number of ether oxygens (including phenoxy) is 1. The third kappa shape index (κ3) is 2.46. The molecule has 21 heavy (non-hydrogen) atoms. The number of aromatic nitrogens is 1. The number of hydrogen-bond acceptors (Lipinski definition) is 3. The van der Waals surface area contributed by atoms with E-state index in [4.69, 9.17) is 4.74 Å². The number of carbonyl (C=O) groups excluding carboxylic acids is 1. The molecular weight excluding hydrogens is 280 g/mol. The number of pyridine rings is 1. The molecule has 2 amide bonds. The number of nitrogens with one attached hydrogen (secondary N) is 1. The highest BCUT2D eigenvalue weighted by Gasteiger charge is 2.52. The van der Waals surface area contributed by atoms with Crippen LogP contribution >= 0.6 is 0 Å². The summed E-state index contributed by atoms with van der Waals surface area (Å²) in [5, 5.41) is 2.38. The van der Waals surface area contributed by atoms with E-state index in [9.17, 15) is 13.6 Å². The van der Waals surface area contributed by atoms with Crippen LogP contribution in [0.25, 0.3) is 0 Å². The van der Waals surface area contributed by atoms with E-state index in [-0.39, 0.29) is 6.61 Å². The zero-order valence-corrected chi connectivity index (χ0v) is 11.7. The van der Waals surface area contributed by atoms with E-state index in [0.717, 1.165) is 18.4 Å². The molecule has 0 spiro atoms. The highest BCUT2D eigenvalue weighted by Crippen LogP contribution is 2.50. The van der Waals surface area contributed by atoms with Gasteiger partial charge in [-0.1, -0.05) is 0 Å². The van der Waals surface area contributed by atoms with Gasteiger partial charge in [0, 0.05) is 19.4 Å². The van der Waals surface area contributed by atoms with E-state index in [2.05, 4.69) is 10.3 Å². The van der Waals surface area contributed by atoms with Crippen LogP contribution in [-0.2, 0) is 10.3 Å². The first-order valence-electron chi connectivity index (χ1n) is 6.86. The first-order valence-corrected chi connectivity index (χ1v) is 6.86. The molecular formula is C14H17F2N3O2. The van der Waals surface area contributed by atoms with E-state index in [0.29, 0.717) is 0 Å². The molecule has 2 aliphatic rings. The maximum Gasteiger partial charge on any atom is 0.318 e. The predicted octanol–water partition coefficient (Wildman–Crippen LogP) is 1.75. The Morgan fingerprint density at radius 1 is 1.43 bits per heavy atom. The maximum absolute atomic E-state index is 13.5. The molecule has 114 valence electrons. The Bertz CT molecular complexity index is 534. The predicted molar refractivity (Wildman–Crippen MR) is 71.0 cm³/mol. The number of alkyl halides is 2. The number of amides is 2. The van der Waals surface area contributed by atoms with Gasteiger partial charge in [-0.15, -0.1) is 0 Å². The third-order valence-corrected chi connectivity index (χ3v) is 4.27. The number of carbonyl (C=O) groups is 1. The topological polar surface area (TPSA) is 54.5 Å². The zero-order chi connectivity index (χ0) is 15.1. The summed E-state index contributed by atoms with van der Waals surface area (Å²) in [6, 6.07) is 1.94. The first kappa shape index (κ1) is 14.2. The fourth-order valence-corrected chi connectivity index (χ4v) is 2.72. The molecule has 1 aliphatic carbocycles. The molecule has 1 saturated heterocycles. The molecule has 2 fully saturated rings. The smallest absolute Gasteiger partial charge is 0.318 e. The van der Waals surface area contributed by atoms with Crippen molar-refractivity contribution in [2.24, 2.45) is 0 Å². The minimum atomic E-state index is -3.01. The van der Waals surface area contributed by atoms with E-state index in [1.54, 1.807) is 19.4 Å². The summed E-state index contributed by atoms with van der Waals surface area (Å²) in [5.41, 5.74) is 0.575. The second kappa shape index (κ2) is 4.91. The Morgan fingerprint density at radius 2 is 2.10 bits per heavy atom. The van der Waals surface area contributed by atoms with Crippen molar-refractivity contribution < 1.29 is 18.3 Å². The zero-order valence-electron chi connectivity index (χ0n) is 11.7. The number of rotatable bonds is 3. The van der Waals surface area contributed by atoms with Gasteiger partial charge in [-0.05, 0) is 30.5 Å². The molecule has 3 rings (SSSR count). The largest absolute Gasteiger partial charge is 0.373 e. The minimum absolute atomic E-state index is 0.158. The van der Waals surface area contributed by atoms with Gasteiger partial charge in [-0.25, -0.2) is 13.6 Å². The summed E-state index contributed by atoms with van der Waals surface area (Å²) in [6.45, 7) is -0.800. The third-order valence-electron chi connectivity index (χ3n) is 4.27. The highest BCUT2D eigenvalue weighted by molar-refractivity contribution is 5.76. The lowest BCUT2D eigenvalue weighted by atomic mass is 10.1. The van der Waals surface area contributed by atoms with Crippen molar-refractivity contribution in [3.05, 3.63) is 30.1 Å². The van der Waals surface area contributed by atoms with Gasteiger partial charge in [-0.2, -0.15) is 0 Å². The molecule has 1 aliphatic heterocycles. The van der Waals surface area contributed by atoms with Crippen LogP contribution in [0, 0.1) is 0 Å². The summed E-state index contributed by atoms with van der Waals surface area (Å²) in [4.78, 5) is 17.7. The maximum atomic E-state index is 13.5. The molecule has 5 nitrogen and oxygen atoms in total. The van der Waals surface area contributed by atoms with Crippen molar-refractivity contribution in [2.45, 2.75) is 30.3 Å². The molecule has 0 radical (unpaired) electrons. The van der Waals surface area contributed by atoms with Gasteiger partial charge < -0.3 is 15.0 Å². The van der Waals surface area contributed by atoms with Crippen molar-refractivity contribution in [2.75, 3.05) is 20.3 Å². The second-order valence-electron chi connectivity index (χ2n) is 5.60. The van der Waals surface area contributed by atoms with Gasteiger partial charge in [-0.3, -0.25) is 4.98 Å².